The summed E-state index contributed by atoms with van der Waals surface area (Å²) in [5.41, 5.74) is 1.47. The van der Waals surface area contributed by atoms with Gasteiger partial charge in [0, 0.05) is 23.4 Å². The zero-order chi connectivity index (χ0) is 13.1. The van der Waals surface area contributed by atoms with Crippen LogP contribution in [0.1, 0.15) is 28.9 Å². The first-order chi connectivity index (χ1) is 8.61. The second-order valence-corrected chi connectivity index (χ2v) is 5.48. The highest BCUT2D eigenvalue weighted by Gasteiger charge is 2.22. The third kappa shape index (κ3) is 2.73. The molecule has 0 N–H and O–H groups in total. The average molecular weight is 329 g/mol. The van der Waals surface area contributed by atoms with E-state index in [1.54, 1.807) is 24.4 Å². The van der Waals surface area contributed by atoms with Gasteiger partial charge in [0.1, 0.15) is 5.82 Å². The summed E-state index contributed by atoms with van der Waals surface area (Å²) in [6.45, 7) is 2.00. The van der Waals surface area contributed by atoms with Crippen molar-refractivity contribution in [3.05, 3.63) is 64.7 Å². The van der Waals surface area contributed by atoms with Crippen LogP contribution in [-0.2, 0) is 0 Å². The number of alkyl halides is 1. The minimum Gasteiger partial charge on any atom is -0.261 e. The molecule has 2 unspecified atom stereocenters. The second kappa shape index (κ2) is 5.81. The summed E-state index contributed by atoms with van der Waals surface area (Å²) in [5, 5.41) is 0.144. The van der Waals surface area contributed by atoms with Crippen LogP contribution in [0.2, 0.25) is 5.02 Å². The number of aromatic nitrogens is 1. The van der Waals surface area contributed by atoms with Crippen molar-refractivity contribution < 1.29 is 4.39 Å². The standard InChI is InChI=1S/C14H12BrClFN/c1-9(12-7-2-3-8-18-12)13(15)10-5-4-6-11(16)14(10)17/h2-9,13H,1H3. The van der Waals surface area contributed by atoms with Gasteiger partial charge < -0.3 is 0 Å². The Bertz CT molecular complexity index is 533. The summed E-state index contributed by atoms with van der Waals surface area (Å²) in [5.74, 6) is -0.317. The first kappa shape index (κ1) is 13.5. The highest BCUT2D eigenvalue weighted by atomic mass is 79.9. The van der Waals surface area contributed by atoms with E-state index < -0.39 is 0 Å². The maximum Gasteiger partial charge on any atom is 0.146 e. The summed E-state index contributed by atoms with van der Waals surface area (Å²) >= 11 is 9.33. The quantitative estimate of drug-likeness (QED) is 0.713. The van der Waals surface area contributed by atoms with Gasteiger partial charge in [-0.1, -0.05) is 52.7 Å². The summed E-state index contributed by atoms with van der Waals surface area (Å²) in [7, 11) is 0. The van der Waals surface area contributed by atoms with Crippen molar-refractivity contribution in [2.45, 2.75) is 17.7 Å². The molecule has 1 aromatic carbocycles. The lowest BCUT2D eigenvalue weighted by atomic mass is 9.97. The van der Waals surface area contributed by atoms with Gasteiger partial charge in [-0.3, -0.25) is 4.98 Å². The summed E-state index contributed by atoms with van der Waals surface area (Å²) in [6.07, 6.45) is 1.74. The number of hydrogen-bond donors (Lipinski definition) is 0. The Balaban J connectivity index is 2.31. The van der Waals surface area contributed by atoms with E-state index in [0.717, 1.165) is 5.69 Å². The fourth-order valence-electron chi connectivity index (χ4n) is 1.80. The third-order valence-corrected chi connectivity index (χ3v) is 4.45. The average Bonchev–Trinajstić information content (AvgIpc) is 2.41. The predicted octanol–water partition coefficient (Wildman–Crippen LogP) is 5.11. The lowest BCUT2D eigenvalue weighted by Gasteiger charge is -2.19. The Morgan fingerprint density at radius 1 is 1.22 bits per heavy atom. The van der Waals surface area contributed by atoms with E-state index >= 15 is 0 Å². The molecule has 4 heteroatoms. The van der Waals surface area contributed by atoms with Crippen molar-refractivity contribution in [2.75, 3.05) is 0 Å². The molecule has 0 radical (unpaired) electrons. The molecule has 0 saturated carbocycles. The maximum atomic E-state index is 13.9. The molecule has 0 aliphatic heterocycles. The highest BCUT2D eigenvalue weighted by molar-refractivity contribution is 9.09. The van der Waals surface area contributed by atoms with E-state index in [9.17, 15) is 4.39 Å². The van der Waals surface area contributed by atoms with Gasteiger partial charge in [-0.15, -0.1) is 0 Å². The van der Waals surface area contributed by atoms with E-state index in [1.807, 2.05) is 25.1 Å². The summed E-state index contributed by atoms with van der Waals surface area (Å²) in [6, 6.07) is 10.7. The van der Waals surface area contributed by atoms with E-state index in [0.29, 0.717) is 5.56 Å². The topological polar surface area (TPSA) is 12.9 Å². The van der Waals surface area contributed by atoms with Crippen LogP contribution in [0.3, 0.4) is 0 Å². The highest BCUT2D eigenvalue weighted by Crippen LogP contribution is 2.39. The SMILES string of the molecule is CC(c1ccccn1)C(Br)c1cccc(Cl)c1F. The Labute approximate surface area is 119 Å². The van der Waals surface area contributed by atoms with Gasteiger partial charge in [0.2, 0.25) is 0 Å². The molecule has 0 amide bonds. The molecule has 0 aliphatic rings. The monoisotopic (exact) mass is 327 g/mol. The van der Waals surface area contributed by atoms with Crippen molar-refractivity contribution in [3.8, 4) is 0 Å². The molecule has 0 bridgehead atoms. The zero-order valence-corrected chi connectivity index (χ0v) is 12.1. The Kier molecular flexibility index (Phi) is 4.36. The molecule has 2 rings (SSSR count). The molecular formula is C14H12BrClFN. The zero-order valence-electron chi connectivity index (χ0n) is 9.78. The van der Waals surface area contributed by atoms with Crippen molar-refractivity contribution in [3.63, 3.8) is 0 Å². The largest absolute Gasteiger partial charge is 0.261 e. The van der Waals surface area contributed by atoms with Crippen molar-refractivity contribution in [1.29, 1.82) is 0 Å². The maximum absolute atomic E-state index is 13.9. The normalized spacial score (nSPS) is 14.2. The van der Waals surface area contributed by atoms with E-state index in [-0.39, 0.29) is 21.6 Å². The van der Waals surface area contributed by atoms with Gasteiger partial charge >= 0.3 is 0 Å². The fraction of sp³-hybridized carbons (Fsp3) is 0.214. The molecule has 2 aromatic rings. The van der Waals surface area contributed by atoms with Gasteiger partial charge in [-0.05, 0) is 18.2 Å². The molecule has 18 heavy (non-hydrogen) atoms. The van der Waals surface area contributed by atoms with Crippen LogP contribution in [-0.4, -0.2) is 4.98 Å². The molecular weight excluding hydrogens is 317 g/mol. The van der Waals surface area contributed by atoms with Gasteiger partial charge in [-0.2, -0.15) is 0 Å². The fourth-order valence-corrected chi connectivity index (χ4v) is 2.60. The van der Waals surface area contributed by atoms with Crippen molar-refractivity contribution in [1.82, 2.24) is 4.98 Å². The number of hydrogen-bond acceptors (Lipinski definition) is 1. The van der Waals surface area contributed by atoms with Crippen LogP contribution < -0.4 is 0 Å². The van der Waals surface area contributed by atoms with Gasteiger partial charge in [-0.25, -0.2) is 4.39 Å². The Hall–Kier alpha value is -0.930. The number of pyridine rings is 1. The first-order valence-electron chi connectivity index (χ1n) is 5.60. The van der Waals surface area contributed by atoms with Crippen LogP contribution in [0.4, 0.5) is 4.39 Å². The number of rotatable bonds is 3. The van der Waals surface area contributed by atoms with Gasteiger partial charge in [0.25, 0.3) is 0 Å². The molecule has 0 saturated heterocycles. The lowest BCUT2D eigenvalue weighted by molar-refractivity contribution is 0.594. The molecule has 0 spiro atoms. The van der Waals surface area contributed by atoms with Crippen LogP contribution in [0.15, 0.2) is 42.6 Å². The lowest BCUT2D eigenvalue weighted by Crippen LogP contribution is -2.06. The predicted molar refractivity (Wildman–Crippen MR) is 75.7 cm³/mol. The summed E-state index contributed by atoms with van der Waals surface area (Å²) < 4.78 is 13.9. The number of halogens is 3. The van der Waals surface area contributed by atoms with E-state index in [2.05, 4.69) is 20.9 Å². The molecule has 0 fully saturated rings. The summed E-state index contributed by atoms with van der Waals surface area (Å²) in [4.78, 5) is 4.13. The van der Waals surface area contributed by atoms with Crippen LogP contribution >= 0.6 is 27.5 Å². The van der Waals surface area contributed by atoms with Crippen LogP contribution in [0.25, 0.3) is 0 Å². The molecule has 1 nitrogen and oxygen atoms in total. The van der Waals surface area contributed by atoms with Crippen molar-refractivity contribution >= 4 is 27.5 Å². The van der Waals surface area contributed by atoms with E-state index in [4.69, 9.17) is 11.6 Å². The van der Waals surface area contributed by atoms with Gasteiger partial charge in [0.05, 0.1) is 9.85 Å². The molecule has 2 atom stereocenters. The Morgan fingerprint density at radius 2 is 2.00 bits per heavy atom. The third-order valence-electron chi connectivity index (χ3n) is 2.87. The smallest absolute Gasteiger partial charge is 0.146 e. The van der Waals surface area contributed by atoms with Crippen molar-refractivity contribution in [2.24, 2.45) is 0 Å². The molecule has 1 heterocycles. The first-order valence-corrected chi connectivity index (χ1v) is 6.89. The minimum atomic E-state index is -0.371. The van der Waals surface area contributed by atoms with Crippen LogP contribution in [0, 0.1) is 5.82 Å². The van der Waals surface area contributed by atoms with E-state index in [1.165, 1.54) is 0 Å². The number of benzene rings is 1. The number of nitrogens with zero attached hydrogens (tertiary/aromatic N) is 1. The second-order valence-electron chi connectivity index (χ2n) is 4.09. The van der Waals surface area contributed by atoms with Gasteiger partial charge in [0.15, 0.2) is 0 Å². The van der Waals surface area contributed by atoms with Crippen LogP contribution in [0.5, 0.6) is 0 Å². The molecule has 94 valence electrons. The molecule has 1 aromatic heterocycles. The Morgan fingerprint density at radius 3 is 2.67 bits per heavy atom. The molecule has 0 aliphatic carbocycles. The minimum absolute atomic E-state index is 0.0548.